The van der Waals surface area contributed by atoms with Gasteiger partial charge in [0.2, 0.25) is 0 Å². The Labute approximate surface area is 339 Å². The van der Waals surface area contributed by atoms with Gasteiger partial charge in [-0.1, -0.05) is 156 Å². The molecular formula is C46H89NO8. The van der Waals surface area contributed by atoms with E-state index in [1.807, 2.05) is 0 Å². The van der Waals surface area contributed by atoms with E-state index in [9.17, 15) is 9.59 Å². The van der Waals surface area contributed by atoms with Gasteiger partial charge in [0.05, 0.1) is 70.6 Å². The molecule has 1 rings (SSSR count). The first kappa shape index (κ1) is 51.8. The normalized spacial score (nSPS) is 15.1. The fourth-order valence-electron chi connectivity index (χ4n) is 7.38. The second kappa shape index (κ2) is 38.3. The minimum atomic E-state index is -0.229. The van der Waals surface area contributed by atoms with E-state index < -0.39 is 0 Å². The second-order valence-electron chi connectivity index (χ2n) is 16.4. The highest BCUT2D eigenvalue weighted by atomic mass is 16.6. The summed E-state index contributed by atoms with van der Waals surface area (Å²) in [5, 5.41) is 9.16. The zero-order valence-corrected chi connectivity index (χ0v) is 36.5. The number of esters is 2. The van der Waals surface area contributed by atoms with Gasteiger partial charge in [0.15, 0.2) is 0 Å². The van der Waals surface area contributed by atoms with E-state index >= 15 is 0 Å². The first-order valence-corrected chi connectivity index (χ1v) is 23.4. The quantitative estimate of drug-likeness (QED) is 0.0479. The van der Waals surface area contributed by atoms with Crippen LogP contribution in [0.5, 0.6) is 0 Å². The number of hydrogen-bond acceptors (Lipinski definition) is 9. The molecule has 2 atom stereocenters. The van der Waals surface area contributed by atoms with Crippen molar-refractivity contribution in [3.05, 3.63) is 0 Å². The molecule has 1 aliphatic heterocycles. The zero-order chi connectivity index (χ0) is 40.0. The van der Waals surface area contributed by atoms with E-state index in [2.05, 4.69) is 32.6 Å². The number of carbonyl (C=O) groups excluding carboxylic acids is 2. The van der Waals surface area contributed by atoms with E-state index in [1.54, 1.807) is 0 Å². The van der Waals surface area contributed by atoms with Crippen LogP contribution in [0, 0.1) is 23.7 Å². The summed E-state index contributed by atoms with van der Waals surface area (Å²) in [6.45, 7) is 15.2. The number of likely N-dealkylation sites (tertiary alicyclic amines) is 1. The average molecular weight is 784 g/mol. The number of hydrogen-bond donors (Lipinski definition) is 1. The Morgan fingerprint density at radius 2 is 0.873 bits per heavy atom. The predicted molar refractivity (Wildman–Crippen MR) is 225 cm³/mol. The van der Waals surface area contributed by atoms with Gasteiger partial charge in [0, 0.05) is 32.2 Å². The first-order valence-electron chi connectivity index (χ1n) is 23.4. The lowest BCUT2D eigenvalue weighted by Gasteiger charge is -2.38. The van der Waals surface area contributed by atoms with Crippen LogP contribution in [-0.4, -0.2) is 101 Å². The monoisotopic (exact) mass is 784 g/mol. The maximum Gasteiger partial charge on any atom is 0.308 e. The average Bonchev–Trinajstić information content (AvgIpc) is 3.17. The smallest absolute Gasteiger partial charge is 0.308 e. The number of aliphatic hydroxyl groups is 1. The van der Waals surface area contributed by atoms with Gasteiger partial charge in [0.1, 0.15) is 0 Å². The second-order valence-corrected chi connectivity index (χ2v) is 16.4. The van der Waals surface area contributed by atoms with E-state index in [1.165, 1.54) is 89.9 Å². The molecule has 0 amide bonds. The number of ether oxygens (including phenoxy) is 5. The minimum Gasteiger partial charge on any atom is -0.465 e. The van der Waals surface area contributed by atoms with E-state index in [4.69, 9.17) is 28.8 Å². The molecule has 0 spiro atoms. The maximum atomic E-state index is 13.5. The predicted octanol–water partition coefficient (Wildman–Crippen LogP) is 10.3. The van der Waals surface area contributed by atoms with Gasteiger partial charge in [-0.15, -0.1) is 0 Å². The molecule has 0 aromatic rings. The largest absolute Gasteiger partial charge is 0.465 e. The van der Waals surface area contributed by atoms with Gasteiger partial charge >= 0.3 is 11.9 Å². The van der Waals surface area contributed by atoms with Crippen molar-refractivity contribution in [2.24, 2.45) is 23.7 Å². The Morgan fingerprint density at radius 3 is 1.29 bits per heavy atom. The van der Waals surface area contributed by atoms with Crippen LogP contribution in [0.1, 0.15) is 182 Å². The Bertz CT molecular complexity index is 806. The summed E-state index contributed by atoms with van der Waals surface area (Å²) in [5.41, 5.74) is 0. The number of rotatable bonds is 42. The molecule has 0 radical (unpaired) electrons. The SMILES string of the molecule is CCCCCCCCC(CCCCCC)C(=O)OCC(COCCOCCOCCN1CC(CO)C1)COC(=O)C(CCCCCC)CCCCCCCC. The Morgan fingerprint density at radius 1 is 0.509 bits per heavy atom. The highest BCUT2D eigenvalue weighted by Gasteiger charge is 2.26. The lowest BCUT2D eigenvalue weighted by atomic mass is 9.94. The van der Waals surface area contributed by atoms with Crippen LogP contribution in [0.15, 0.2) is 0 Å². The molecule has 326 valence electrons. The standard InChI is InChI=1S/C46H89NO8/c1-5-9-13-17-19-23-27-43(25-21-15-11-7-3)45(49)54-39-42(38-53-34-33-52-32-31-51-30-29-47-35-41(36-47)37-48)40-55-46(50)44(26-22-16-12-8-4)28-24-20-18-14-10-6-2/h41-44,48H,5-40H2,1-4H3. The molecule has 9 nitrogen and oxygen atoms in total. The molecule has 0 bridgehead atoms. The third-order valence-electron chi connectivity index (χ3n) is 11.2. The molecular weight excluding hydrogens is 695 g/mol. The van der Waals surface area contributed by atoms with Crippen molar-refractivity contribution in [3.8, 4) is 0 Å². The molecule has 0 aromatic carbocycles. The van der Waals surface area contributed by atoms with Gasteiger partial charge in [-0.25, -0.2) is 0 Å². The third-order valence-corrected chi connectivity index (χ3v) is 11.2. The summed E-state index contributed by atoms with van der Waals surface area (Å²) in [7, 11) is 0. The fourth-order valence-corrected chi connectivity index (χ4v) is 7.38. The summed E-state index contributed by atoms with van der Waals surface area (Å²) in [6, 6.07) is 0. The van der Waals surface area contributed by atoms with Crippen molar-refractivity contribution < 1.29 is 38.4 Å². The molecule has 0 aliphatic carbocycles. The zero-order valence-electron chi connectivity index (χ0n) is 36.5. The lowest BCUT2D eigenvalue weighted by Crippen LogP contribution is -2.49. The fraction of sp³-hybridized carbons (Fsp3) is 0.957. The van der Waals surface area contributed by atoms with E-state index in [-0.39, 0.29) is 49.5 Å². The van der Waals surface area contributed by atoms with Crippen molar-refractivity contribution in [1.29, 1.82) is 0 Å². The highest BCUT2D eigenvalue weighted by Crippen LogP contribution is 2.23. The highest BCUT2D eigenvalue weighted by molar-refractivity contribution is 5.73. The van der Waals surface area contributed by atoms with Gasteiger partial charge < -0.3 is 33.7 Å². The van der Waals surface area contributed by atoms with E-state index in [0.717, 1.165) is 83.8 Å². The molecule has 1 fully saturated rings. The van der Waals surface area contributed by atoms with Crippen LogP contribution in [0.4, 0.5) is 0 Å². The number of carbonyl (C=O) groups is 2. The molecule has 9 heteroatoms. The summed E-state index contributed by atoms with van der Waals surface area (Å²) < 4.78 is 29.5. The Kier molecular flexibility index (Phi) is 36.0. The molecule has 1 N–H and O–H groups in total. The van der Waals surface area contributed by atoms with Crippen molar-refractivity contribution in [2.45, 2.75) is 182 Å². The molecule has 0 saturated carbocycles. The Balaban J connectivity index is 2.68. The molecule has 55 heavy (non-hydrogen) atoms. The van der Waals surface area contributed by atoms with Crippen molar-refractivity contribution in [3.63, 3.8) is 0 Å². The van der Waals surface area contributed by atoms with Gasteiger partial charge in [-0.3, -0.25) is 9.59 Å². The Hall–Kier alpha value is -1.26. The van der Waals surface area contributed by atoms with Crippen LogP contribution >= 0.6 is 0 Å². The third kappa shape index (κ3) is 29.6. The van der Waals surface area contributed by atoms with Crippen LogP contribution in [0.25, 0.3) is 0 Å². The van der Waals surface area contributed by atoms with Crippen LogP contribution in [0.3, 0.4) is 0 Å². The van der Waals surface area contributed by atoms with Gasteiger partial charge in [-0.2, -0.15) is 0 Å². The van der Waals surface area contributed by atoms with Crippen LogP contribution in [0.2, 0.25) is 0 Å². The van der Waals surface area contributed by atoms with Crippen molar-refractivity contribution in [1.82, 2.24) is 4.90 Å². The van der Waals surface area contributed by atoms with Gasteiger partial charge in [-0.05, 0) is 25.7 Å². The van der Waals surface area contributed by atoms with Crippen LogP contribution in [-0.2, 0) is 33.3 Å². The molecule has 2 unspecified atom stereocenters. The topological polar surface area (TPSA) is 104 Å². The lowest BCUT2D eigenvalue weighted by molar-refractivity contribution is -0.156. The van der Waals surface area contributed by atoms with E-state index in [0.29, 0.717) is 45.6 Å². The summed E-state index contributed by atoms with van der Waals surface area (Å²) in [4.78, 5) is 29.3. The maximum absolute atomic E-state index is 13.5. The molecule has 0 aromatic heterocycles. The van der Waals surface area contributed by atoms with Crippen LogP contribution < -0.4 is 0 Å². The number of aliphatic hydroxyl groups excluding tert-OH is 1. The molecule has 1 saturated heterocycles. The van der Waals surface area contributed by atoms with Gasteiger partial charge in [0.25, 0.3) is 0 Å². The first-order chi connectivity index (χ1) is 27.0. The molecule has 1 heterocycles. The van der Waals surface area contributed by atoms with Crippen molar-refractivity contribution in [2.75, 3.05) is 79.1 Å². The summed E-state index contributed by atoms with van der Waals surface area (Å²) >= 11 is 0. The summed E-state index contributed by atoms with van der Waals surface area (Å²) in [6.07, 6.45) is 27.2. The molecule has 1 aliphatic rings. The number of nitrogens with zero attached hydrogens (tertiary/aromatic N) is 1. The minimum absolute atomic E-state index is 0.0732. The number of unbranched alkanes of at least 4 members (excludes halogenated alkanes) is 16. The van der Waals surface area contributed by atoms with Crippen molar-refractivity contribution >= 4 is 11.9 Å². The summed E-state index contributed by atoms with van der Waals surface area (Å²) in [5.74, 6) is -0.172.